The summed E-state index contributed by atoms with van der Waals surface area (Å²) in [5, 5.41) is 10.9. The van der Waals surface area contributed by atoms with Crippen LogP contribution in [-0.2, 0) is 41.9 Å². The molecule has 0 fully saturated rings. The number of hydrogen-bond acceptors (Lipinski definition) is 8. The van der Waals surface area contributed by atoms with Gasteiger partial charge < -0.3 is 18.9 Å². The zero-order valence-corrected chi connectivity index (χ0v) is 71.0. The van der Waals surface area contributed by atoms with Crippen LogP contribution in [-0.4, -0.2) is 84.2 Å². The second-order valence-corrected chi connectivity index (χ2v) is 34.3. The van der Waals surface area contributed by atoms with Gasteiger partial charge in [0, 0.05) is 111 Å². The molecule has 5 aliphatic rings. The first-order valence-electron chi connectivity index (χ1n) is 37.8. The van der Waals surface area contributed by atoms with Gasteiger partial charge in [-0.05, 0) is 187 Å². The van der Waals surface area contributed by atoms with E-state index in [0.717, 1.165) is 78.6 Å². The summed E-state index contributed by atoms with van der Waals surface area (Å²) in [7, 11) is -8.48. The maximum Gasteiger partial charge on any atom is 1.00 e. The molecule has 0 unspecified atom stereocenters. The molecule has 0 N–H and O–H groups in total. The van der Waals surface area contributed by atoms with Crippen molar-refractivity contribution < 1.29 is 94.2 Å². The van der Waals surface area contributed by atoms with Crippen molar-refractivity contribution in [2.75, 3.05) is 47.5 Å². The first-order chi connectivity index (χ1) is 49.8. The van der Waals surface area contributed by atoms with E-state index >= 15 is 0 Å². The quantitative estimate of drug-likeness (QED) is 0.0182. The van der Waals surface area contributed by atoms with Crippen molar-refractivity contribution in [3.05, 3.63) is 262 Å². The second kappa shape index (κ2) is 34.8. The van der Waals surface area contributed by atoms with E-state index in [2.05, 4.69) is 301 Å². The van der Waals surface area contributed by atoms with E-state index in [1.54, 1.807) is 0 Å². The van der Waals surface area contributed by atoms with E-state index in [0.29, 0.717) is 38.8 Å². The van der Waals surface area contributed by atoms with E-state index in [9.17, 15) is 25.9 Å². The molecule has 0 aromatic heterocycles. The van der Waals surface area contributed by atoms with Crippen LogP contribution < -0.4 is 68.9 Å². The molecular weight excluding hydrogens is 1390 g/mol. The Morgan fingerprint density at radius 3 is 1.26 bits per heavy atom. The number of halogens is 1. The van der Waals surface area contributed by atoms with Crippen LogP contribution in [0.4, 0.5) is 22.7 Å². The van der Waals surface area contributed by atoms with Gasteiger partial charge in [0.15, 0.2) is 11.4 Å². The van der Waals surface area contributed by atoms with Gasteiger partial charge in [0.05, 0.1) is 31.1 Å². The Hall–Kier alpha value is -6.23. The minimum Gasteiger partial charge on any atom is -0.748 e. The van der Waals surface area contributed by atoms with Crippen LogP contribution in [0.2, 0.25) is 0 Å². The summed E-state index contributed by atoms with van der Waals surface area (Å²) < 4.78 is 73.0. The van der Waals surface area contributed by atoms with Crippen LogP contribution in [0.25, 0.3) is 43.1 Å². The molecule has 0 amide bonds. The average Bonchev–Trinajstić information content (AvgIpc) is 1.59. The Morgan fingerprint density at radius 1 is 0.425 bits per heavy atom. The van der Waals surface area contributed by atoms with Gasteiger partial charge in [-0.2, -0.15) is 9.15 Å². The predicted octanol–water partition coefficient (Wildman–Crippen LogP) is 16.0. The van der Waals surface area contributed by atoms with Crippen molar-refractivity contribution in [2.24, 2.45) is 0 Å². The summed E-state index contributed by atoms with van der Waals surface area (Å²) >= 11 is 7.32. The van der Waals surface area contributed by atoms with Gasteiger partial charge in [-0.3, -0.25) is 0 Å². The summed E-state index contributed by atoms with van der Waals surface area (Å²) in [5.74, 6) is -0.675. The minimum absolute atomic E-state index is 0. The monoisotopic (exact) mass is 1490 g/mol. The summed E-state index contributed by atoms with van der Waals surface area (Å²) in [5.41, 5.74) is 16.7. The Balaban J connectivity index is 0.000000223. The molecule has 4 aliphatic heterocycles. The van der Waals surface area contributed by atoms with Crippen LogP contribution in [0.5, 0.6) is 0 Å². The van der Waals surface area contributed by atoms with Gasteiger partial charge in [-0.25, -0.2) is 16.8 Å². The van der Waals surface area contributed by atoms with Crippen LogP contribution in [0.1, 0.15) is 175 Å². The summed E-state index contributed by atoms with van der Waals surface area (Å²) in [4.78, 5) is 4.63. The number of allylic oxidation sites excluding steroid dienone is 16. The number of nitrogens with zero attached hydrogens (tertiary/aromatic N) is 4. The molecule has 542 valence electrons. The van der Waals surface area contributed by atoms with Crippen molar-refractivity contribution in [3.63, 3.8) is 0 Å². The number of unbranched alkanes of at least 4 members (excludes halogenated alkanes) is 6. The van der Waals surface area contributed by atoms with E-state index in [1.165, 1.54) is 119 Å². The van der Waals surface area contributed by atoms with Gasteiger partial charge in [0.2, 0.25) is 11.4 Å². The Kier molecular flexibility index (Phi) is 27.0. The normalized spacial score (nSPS) is 18.4. The number of benzene rings is 8. The van der Waals surface area contributed by atoms with E-state index in [-0.39, 0.29) is 92.3 Å². The first kappa shape index (κ1) is 82.3. The maximum absolute atomic E-state index is 11.4. The van der Waals surface area contributed by atoms with Crippen molar-refractivity contribution >= 4 is 109 Å². The fourth-order valence-electron chi connectivity index (χ4n) is 17.3. The fraction of sp³-hybridized carbons (Fsp3) is 0.363. The van der Waals surface area contributed by atoms with Gasteiger partial charge >= 0.3 is 59.1 Å². The smallest absolute Gasteiger partial charge is 0.748 e. The number of rotatable bonds is 25. The molecule has 8 aromatic carbocycles. The molecule has 0 saturated carbocycles. The largest absolute Gasteiger partial charge is 1.00 e. The Morgan fingerprint density at radius 2 is 0.821 bits per heavy atom. The summed E-state index contributed by atoms with van der Waals surface area (Å²) in [6.07, 6.45) is 35.9. The molecule has 4 heterocycles. The zero-order chi connectivity index (χ0) is 73.8. The summed E-state index contributed by atoms with van der Waals surface area (Å²) in [6, 6.07) is 52.3. The van der Waals surface area contributed by atoms with Crippen molar-refractivity contribution in [1.82, 2.24) is 0 Å². The summed E-state index contributed by atoms with van der Waals surface area (Å²) in [6.45, 7) is 26.3. The molecular formula is C91H103ClN4Na2O6S2+2. The van der Waals surface area contributed by atoms with Crippen molar-refractivity contribution in [2.45, 2.75) is 174 Å². The number of hydrogen-bond donors (Lipinski definition) is 0. The molecule has 15 heteroatoms. The zero-order valence-electron chi connectivity index (χ0n) is 64.6. The first-order valence-corrected chi connectivity index (χ1v) is 41.3. The molecule has 0 spiro atoms. The topological polar surface area (TPSA) is 127 Å². The predicted molar refractivity (Wildman–Crippen MR) is 436 cm³/mol. The minimum atomic E-state index is -4.25. The van der Waals surface area contributed by atoms with Crippen molar-refractivity contribution in [1.29, 1.82) is 0 Å². The van der Waals surface area contributed by atoms with Crippen LogP contribution in [0, 0.1) is 0 Å². The van der Waals surface area contributed by atoms with Crippen LogP contribution in [0.15, 0.2) is 240 Å². The molecule has 0 saturated heterocycles. The molecule has 1 aliphatic carbocycles. The van der Waals surface area contributed by atoms with Gasteiger partial charge in [0.1, 0.15) is 13.1 Å². The van der Waals surface area contributed by atoms with E-state index in [4.69, 9.17) is 11.6 Å². The standard InChI is InChI=1S/C47H53ClN2O3S.C44H50N2O3S.2Na/c1-6-7-12-30-49-39-26-22-33-16-8-10-20-37(33)43(39)46(2,3)41(49)28-24-35-18-15-19-36(45(35)48)25-29-42-47(4,5)44-38-21-11-9-17-34(38)23-27-40(44)50(42)31-13-14-32-54(51,52)53;1-6-7-17-30-45-37-28-26-33-20-13-15-22-35(33)41(37)43(2,3)39(45)24-11-9-8-10-12-25-40-44(4,5)42-36-23-16-14-21-34(36)27-29-38(42)46(40)31-18-19-32-50(47,48)49;;/h8-11,16-17,20-29H,6-7,12-15,18-19,30-32H2,1-5H3;8-16,20-29H,6-7,17-19,30-32H2,1-5H3;;/q;;2*+1. The Labute approximate surface area is 681 Å². The Bertz CT molecular complexity index is 5200. The third kappa shape index (κ3) is 17.3. The SMILES string of the molecule is CCCCC[N+]1=C(/C=C/C2=C(Cl)C(=C/C=C3/N(CCCCS(=O)(=O)[O-])c4ccc5ccccc5c4C3(C)C)/CCC2)C(C)(C)c2c1ccc1ccccc21.CCCCC[N+]1=C(/C=C/C=C/C=C/C=C2/N(CCCCS(=O)(=O)[O-])c3ccc4ccccc4c3C2(C)C)C(C)(C)c2c1ccc1ccccc21.[Na+].[Na+]. The third-order valence-electron chi connectivity index (χ3n) is 22.3. The van der Waals surface area contributed by atoms with Gasteiger partial charge in [-0.1, -0.05) is 218 Å². The van der Waals surface area contributed by atoms with Gasteiger partial charge in [0.25, 0.3) is 0 Å². The maximum atomic E-state index is 11.4. The molecule has 0 radical (unpaired) electrons. The molecule has 0 bridgehead atoms. The van der Waals surface area contributed by atoms with Crippen LogP contribution >= 0.6 is 11.6 Å². The average molecular weight is 1490 g/mol. The number of anilines is 2. The van der Waals surface area contributed by atoms with Gasteiger partial charge in [-0.15, -0.1) is 0 Å². The molecule has 106 heavy (non-hydrogen) atoms. The molecule has 0 atom stereocenters. The van der Waals surface area contributed by atoms with Crippen LogP contribution in [0.3, 0.4) is 0 Å². The molecule has 13 rings (SSSR count). The second-order valence-electron chi connectivity index (χ2n) is 30.9. The number of fused-ring (bicyclic) bond motifs is 12. The van der Waals surface area contributed by atoms with Crippen molar-refractivity contribution in [3.8, 4) is 0 Å². The molecule has 10 nitrogen and oxygen atoms in total. The molecule has 8 aromatic rings. The van der Waals surface area contributed by atoms with E-state index < -0.39 is 20.2 Å². The third-order valence-corrected chi connectivity index (χ3v) is 24.4. The fourth-order valence-corrected chi connectivity index (χ4v) is 18.7. The van der Waals surface area contributed by atoms with E-state index in [1.807, 2.05) is 0 Å².